The fourth-order valence-electron chi connectivity index (χ4n) is 2.32. The maximum absolute atomic E-state index is 13.8. The van der Waals surface area contributed by atoms with Crippen molar-refractivity contribution in [3.63, 3.8) is 0 Å². The van der Waals surface area contributed by atoms with Crippen LogP contribution in [0.25, 0.3) is 10.9 Å². The summed E-state index contributed by atoms with van der Waals surface area (Å²) < 4.78 is 20.2. The van der Waals surface area contributed by atoms with Crippen molar-refractivity contribution in [1.82, 2.24) is 4.98 Å². The van der Waals surface area contributed by atoms with Gasteiger partial charge in [-0.25, -0.2) is 9.37 Å². The molecule has 0 unspecified atom stereocenters. The van der Waals surface area contributed by atoms with Gasteiger partial charge in [-0.2, -0.15) is 0 Å². The third kappa shape index (κ3) is 2.90. The number of hydrogen-bond donors (Lipinski definition) is 0. The van der Waals surface area contributed by atoms with Crippen LogP contribution in [0, 0.1) is 5.82 Å². The molecule has 0 atom stereocenters. The zero-order valence-corrected chi connectivity index (χ0v) is 13.0. The van der Waals surface area contributed by atoms with Crippen LogP contribution in [-0.4, -0.2) is 12.1 Å². The lowest BCUT2D eigenvalue weighted by Gasteiger charge is -2.10. The molecule has 0 N–H and O–H groups in total. The summed E-state index contributed by atoms with van der Waals surface area (Å²) in [6.07, 6.45) is 0.450. The summed E-state index contributed by atoms with van der Waals surface area (Å²) in [4.78, 5) is 4.50. The number of nitrogens with zero attached hydrogens (tertiary/aromatic N) is 1. The highest BCUT2D eigenvalue weighted by Gasteiger charge is 2.11. The lowest BCUT2D eigenvalue weighted by Crippen LogP contribution is -1.99. The van der Waals surface area contributed by atoms with E-state index in [0.29, 0.717) is 17.9 Å². The van der Waals surface area contributed by atoms with Gasteiger partial charge in [0.1, 0.15) is 5.82 Å². The molecule has 4 heteroatoms. The first-order valence-corrected chi connectivity index (χ1v) is 7.33. The van der Waals surface area contributed by atoms with Crippen LogP contribution in [0.4, 0.5) is 4.39 Å². The van der Waals surface area contributed by atoms with Gasteiger partial charge in [-0.15, -0.1) is 0 Å². The summed E-state index contributed by atoms with van der Waals surface area (Å²) in [7, 11) is 1.58. The van der Waals surface area contributed by atoms with E-state index in [9.17, 15) is 4.39 Å². The van der Waals surface area contributed by atoms with E-state index in [1.165, 1.54) is 6.07 Å². The van der Waals surface area contributed by atoms with Crippen LogP contribution in [0.2, 0.25) is 0 Å². The van der Waals surface area contributed by atoms with Crippen LogP contribution in [0.1, 0.15) is 11.1 Å². The Kier molecular flexibility index (Phi) is 3.88. The second kappa shape index (κ2) is 5.82. The molecule has 3 aromatic rings. The van der Waals surface area contributed by atoms with Gasteiger partial charge in [0.05, 0.1) is 12.6 Å². The van der Waals surface area contributed by atoms with E-state index in [1.54, 1.807) is 19.2 Å². The van der Waals surface area contributed by atoms with Crippen molar-refractivity contribution in [2.75, 3.05) is 7.11 Å². The smallest absolute Gasteiger partial charge is 0.217 e. The normalized spacial score (nSPS) is 10.8. The maximum Gasteiger partial charge on any atom is 0.217 e. The van der Waals surface area contributed by atoms with Crippen molar-refractivity contribution < 1.29 is 9.13 Å². The Bertz CT molecular complexity index is 804. The van der Waals surface area contributed by atoms with Gasteiger partial charge in [0, 0.05) is 21.8 Å². The Balaban J connectivity index is 2.10. The van der Waals surface area contributed by atoms with E-state index >= 15 is 0 Å². The van der Waals surface area contributed by atoms with Gasteiger partial charge in [0.25, 0.3) is 0 Å². The molecule has 0 radical (unpaired) electrons. The molecule has 0 bridgehead atoms. The van der Waals surface area contributed by atoms with E-state index < -0.39 is 0 Å². The maximum atomic E-state index is 13.8. The summed E-state index contributed by atoms with van der Waals surface area (Å²) in [5.41, 5.74) is 2.35. The minimum absolute atomic E-state index is 0.214. The van der Waals surface area contributed by atoms with E-state index in [-0.39, 0.29) is 5.82 Å². The third-order valence-electron chi connectivity index (χ3n) is 3.35. The summed E-state index contributed by atoms with van der Waals surface area (Å²) in [6, 6.07) is 14.6. The van der Waals surface area contributed by atoms with Crippen LogP contribution in [-0.2, 0) is 6.42 Å². The topological polar surface area (TPSA) is 22.1 Å². The molecule has 0 saturated heterocycles. The molecule has 106 valence electrons. The van der Waals surface area contributed by atoms with Crippen molar-refractivity contribution >= 4 is 26.8 Å². The molecule has 0 aliphatic heterocycles. The molecular formula is C17H13BrFNO. The number of benzene rings is 2. The van der Waals surface area contributed by atoms with Crippen LogP contribution >= 0.6 is 15.9 Å². The van der Waals surface area contributed by atoms with Gasteiger partial charge >= 0.3 is 0 Å². The summed E-state index contributed by atoms with van der Waals surface area (Å²) >= 11 is 3.45. The average Bonchev–Trinajstić information content (AvgIpc) is 2.49. The Labute approximate surface area is 130 Å². The van der Waals surface area contributed by atoms with Crippen LogP contribution in [0.15, 0.2) is 53.0 Å². The molecule has 0 aliphatic carbocycles. The Hall–Kier alpha value is -1.94. The Morgan fingerprint density at radius 1 is 1.10 bits per heavy atom. The highest BCUT2D eigenvalue weighted by molar-refractivity contribution is 9.10. The number of ether oxygens (including phenoxy) is 1. The fourth-order valence-corrected chi connectivity index (χ4v) is 2.70. The number of rotatable bonds is 3. The first-order valence-electron chi connectivity index (χ1n) is 6.54. The molecule has 1 aromatic heterocycles. The largest absolute Gasteiger partial charge is 0.481 e. The van der Waals surface area contributed by atoms with Gasteiger partial charge in [-0.05, 0) is 35.9 Å². The molecule has 3 rings (SSSR count). The molecule has 2 aromatic carbocycles. The predicted octanol–water partition coefficient (Wildman–Crippen LogP) is 4.74. The molecule has 2 nitrogen and oxygen atoms in total. The van der Waals surface area contributed by atoms with Crippen molar-refractivity contribution in [2.24, 2.45) is 0 Å². The van der Waals surface area contributed by atoms with E-state index in [1.807, 2.05) is 30.3 Å². The summed E-state index contributed by atoms with van der Waals surface area (Å²) in [5.74, 6) is 0.321. The SMILES string of the molecule is COc1nc2ccc(Br)cc2cc1Cc1ccccc1F. The second-order valence-corrected chi connectivity index (χ2v) is 5.68. The van der Waals surface area contributed by atoms with Crippen molar-refractivity contribution in [3.8, 4) is 5.88 Å². The quantitative estimate of drug-likeness (QED) is 0.684. The molecule has 21 heavy (non-hydrogen) atoms. The highest BCUT2D eigenvalue weighted by atomic mass is 79.9. The van der Waals surface area contributed by atoms with E-state index in [2.05, 4.69) is 20.9 Å². The Morgan fingerprint density at radius 2 is 1.90 bits per heavy atom. The number of hydrogen-bond acceptors (Lipinski definition) is 2. The minimum atomic E-state index is -0.214. The zero-order chi connectivity index (χ0) is 14.8. The summed E-state index contributed by atoms with van der Waals surface area (Å²) in [5, 5.41) is 0.997. The van der Waals surface area contributed by atoms with E-state index in [0.717, 1.165) is 20.9 Å². The molecule has 0 fully saturated rings. The lowest BCUT2D eigenvalue weighted by molar-refractivity contribution is 0.395. The minimum Gasteiger partial charge on any atom is -0.481 e. The number of pyridine rings is 1. The van der Waals surface area contributed by atoms with Gasteiger partial charge in [-0.3, -0.25) is 0 Å². The number of aromatic nitrogens is 1. The highest BCUT2D eigenvalue weighted by Crippen LogP contribution is 2.27. The molecule has 0 spiro atoms. The molecule has 0 saturated carbocycles. The van der Waals surface area contributed by atoms with Crippen molar-refractivity contribution in [2.45, 2.75) is 6.42 Å². The summed E-state index contributed by atoms with van der Waals surface area (Å²) in [6.45, 7) is 0. The number of halogens is 2. The molecule has 1 heterocycles. The van der Waals surface area contributed by atoms with Gasteiger partial charge in [0.2, 0.25) is 5.88 Å². The molecule has 0 amide bonds. The third-order valence-corrected chi connectivity index (χ3v) is 3.84. The fraction of sp³-hybridized carbons (Fsp3) is 0.118. The first kappa shape index (κ1) is 14.0. The van der Waals surface area contributed by atoms with Crippen LogP contribution < -0.4 is 4.74 Å². The molecule has 0 aliphatic rings. The van der Waals surface area contributed by atoms with Gasteiger partial charge in [-0.1, -0.05) is 34.1 Å². The lowest BCUT2D eigenvalue weighted by atomic mass is 10.0. The standard InChI is InChI=1S/C17H13BrFNO/c1-21-17-13(8-11-4-2-3-5-15(11)19)9-12-10-14(18)6-7-16(12)20-17/h2-7,9-10H,8H2,1H3. The number of methoxy groups -OCH3 is 1. The van der Waals surface area contributed by atoms with Gasteiger partial charge in [0.15, 0.2) is 0 Å². The Morgan fingerprint density at radius 3 is 2.67 bits per heavy atom. The van der Waals surface area contributed by atoms with Crippen molar-refractivity contribution in [3.05, 3.63) is 69.9 Å². The second-order valence-electron chi connectivity index (χ2n) is 4.76. The van der Waals surface area contributed by atoms with Gasteiger partial charge < -0.3 is 4.74 Å². The van der Waals surface area contributed by atoms with Crippen LogP contribution in [0.3, 0.4) is 0 Å². The average molecular weight is 346 g/mol. The predicted molar refractivity (Wildman–Crippen MR) is 85.2 cm³/mol. The van der Waals surface area contributed by atoms with Crippen LogP contribution in [0.5, 0.6) is 5.88 Å². The zero-order valence-electron chi connectivity index (χ0n) is 11.4. The first-order chi connectivity index (χ1) is 10.2. The molecular weight excluding hydrogens is 333 g/mol. The van der Waals surface area contributed by atoms with E-state index in [4.69, 9.17) is 4.74 Å². The van der Waals surface area contributed by atoms with Crippen molar-refractivity contribution in [1.29, 1.82) is 0 Å². The number of fused-ring (bicyclic) bond motifs is 1. The monoisotopic (exact) mass is 345 g/mol.